The minimum absolute atomic E-state index is 0.473. The van der Waals surface area contributed by atoms with Crippen molar-refractivity contribution >= 4 is 5.96 Å². The Morgan fingerprint density at radius 3 is 2.78 bits per heavy atom. The monoisotopic (exact) mass is 433 g/mol. The number of nitrogens with zero attached hydrogens (tertiary/aromatic N) is 3. The number of guanidine groups is 1. The van der Waals surface area contributed by atoms with Gasteiger partial charge in [-0.2, -0.15) is 0 Å². The number of ether oxygens (including phenoxy) is 2. The van der Waals surface area contributed by atoms with E-state index in [4.69, 9.17) is 9.47 Å². The Bertz CT molecular complexity index is 1030. The molecule has 1 aromatic heterocycles. The van der Waals surface area contributed by atoms with Crippen LogP contribution in [0.2, 0.25) is 0 Å². The van der Waals surface area contributed by atoms with Gasteiger partial charge in [0.05, 0.1) is 25.2 Å². The van der Waals surface area contributed by atoms with Gasteiger partial charge in [-0.3, -0.25) is 4.99 Å². The van der Waals surface area contributed by atoms with Crippen LogP contribution in [0.25, 0.3) is 5.69 Å². The minimum atomic E-state index is 0.473. The molecule has 7 heteroatoms. The highest BCUT2D eigenvalue weighted by atomic mass is 16.5. The van der Waals surface area contributed by atoms with Gasteiger partial charge in [0, 0.05) is 50.6 Å². The first-order valence-corrected chi connectivity index (χ1v) is 11.0. The second-order valence-electron chi connectivity index (χ2n) is 8.03. The number of nitrogens with one attached hydrogen (secondary N) is 2. The zero-order valence-corrected chi connectivity index (χ0v) is 18.8. The van der Waals surface area contributed by atoms with E-state index in [9.17, 15) is 0 Å². The highest BCUT2D eigenvalue weighted by Crippen LogP contribution is 2.22. The third-order valence-corrected chi connectivity index (χ3v) is 5.61. The summed E-state index contributed by atoms with van der Waals surface area (Å²) in [6, 6.07) is 14.6. The smallest absolute Gasteiger partial charge is 0.191 e. The lowest BCUT2D eigenvalue weighted by Gasteiger charge is -2.17. The van der Waals surface area contributed by atoms with E-state index in [0.29, 0.717) is 25.6 Å². The standard InChI is InChI=1S/C25H31N5O2/c1-19-7-8-22(24(13-19)32-17-20-9-12-31-16-20)15-29-25(26-2)28-14-21-5-3-4-6-23(21)30-11-10-27-18-30/h3-8,10-11,13,18,20H,9,12,14-17H2,1-2H3,(H2,26,28,29). The maximum atomic E-state index is 6.17. The number of hydrogen-bond acceptors (Lipinski definition) is 4. The Morgan fingerprint density at radius 1 is 1.19 bits per heavy atom. The number of imidazole rings is 1. The number of hydrogen-bond donors (Lipinski definition) is 2. The van der Waals surface area contributed by atoms with Crippen molar-refractivity contribution in [1.29, 1.82) is 0 Å². The van der Waals surface area contributed by atoms with Gasteiger partial charge >= 0.3 is 0 Å². The van der Waals surface area contributed by atoms with E-state index in [2.05, 4.69) is 57.9 Å². The summed E-state index contributed by atoms with van der Waals surface area (Å²) in [5, 5.41) is 6.83. The highest BCUT2D eigenvalue weighted by molar-refractivity contribution is 5.79. The van der Waals surface area contributed by atoms with Gasteiger partial charge in [0.1, 0.15) is 5.75 Å². The number of para-hydroxylation sites is 1. The molecule has 2 N–H and O–H groups in total. The van der Waals surface area contributed by atoms with Crippen LogP contribution in [0.15, 0.2) is 66.2 Å². The maximum absolute atomic E-state index is 6.17. The van der Waals surface area contributed by atoms with Crippen LogP contribution in [-0.4, -0.2) is 42.4 Å². The van der Waals surface area contributed by atoms with Crippen molar-refractivity contribution in [3.05, 3.63) is 77.9 Å². The van der Waals surface area contributed by atoms with Crippen LogP contribution in [0.5, 0.6) is 5.75 Å². The Balaban J connectivity index is 1.36. The molecule has 3 aromatic rings. The molecule has 1 aliphatic heterocycles. The molecule has 0 spiro atoms. The van der Waals surface area contributed by atoms with Crippen LogP contribution in [0.4, 0.5) is 0 Å². The summed E-state index contributed by atoms with van der Waals surface area (Å²) < 4.78 is 13.6. The summed E-state index contributed by atoms with van der Waals surface area (Å²) >= 11 is 0. The molecule has 1 unspecified atom stereocenters. The molecule has 0 aliphatic carbocycles. The molecule has 1 aliphatic rings. The summed E-state index contributed by atoms with van der Waals surface area (Å²) in [5.74, 6) is 2.13. The van der Waals surface area contributed by atoms with Gasteiger partial charge in [-0.25, -0.2) is 4.98 Å². The molecule has 0 radical (unpaired) electrons. The first-order chi connectivity index (χ1) is 15.7. The molecule has 1 atom stereocenters. The Morgan fingerprint density at radius 2 is 2.03 bits per heavy atom. The molecule has 0 amide bonds. The second kappa shape index (κ2) is 10.8. The first-order valence-electron chi connectivity index (χ1n) is 11.0. The van der Waals surface area contributed by atoms with Crippen LogP contribution in [0, 0.1) is 12.8 Å². The molecule has 1 saturated heterocycles. The number of aryl methyl sites for hydroxylation is 1. The SMILES string of the molecule is CN=C(NCc1ccc(C)cc1OCC1CCOC1)NCc1ccccc1-n1ccnc1. The molecular formula is C25H31N5O2. The summed E-state index contributed by atoms with van der Waals surface area (Å²) in [7, 11) is 1.78. The van der Waals surface area contributed by atoms with Gasteiger partial charge in [0.25, 0.3) is 0 Å². The fraction of sp³-hybridized carbons (Fsp3) is 0.360. The third kappa shape index (κ3) is 5.68. The molecule has 4 rings (SSSR count). The molecule has 2 heterocycles. The molecule has 2 aromatic carbocycles. The maximum Gasteiger partial charge on any atom is 0.191 e. The van der Waals surface area contributed by atoms with Crippen LogP contribution in [0.1, 0.15) is 23.1 Å². The average molecular weight is 434 g/mol. The molecule has 32 heavy (non-hydrogen) atoms. The summed E-state index contributed by atoms with van der Waals surface area (Å²) in [4.78, 5) is 8.54. The number of benzene rings is 2. The van der Waals surface area contributed by atoms with Gasteiger partial charge < -0.3 is 24.7 Å². The quantitative estimate of drug-likeness (QED) is 0.420. The number of aromatic nitrogens is 2. The number of rotatable bonds is 8. The van der Waals surface area contributed by atoms with Crippen molar-refractivity contribution in [2.45, 2.75) is 26.4 Å². The number of aliphatic imine (C=N–C) groups is 1. The Labute approximate surface area is 189 Å². The highest BCUT2D eigenvalue weighted by Gasteiger charge is 2.17. The molecule has 168 valence electrons. The van der Waals surface area contributed by atoms with E-state index < -0.39 is 0 Å². The topological polar surface area (TPSA) is 72.7 Å². The lowest BCUT2D eigenvalue weighted by molar-refractivity contribution is 0.166. The lowest BCUT2D eigenvalue weighted by atomic mass is 10.1. The zero-order valence-electron chi connectivity index (χ0n) is 18.8. The average Bonchev–Trinajstić information content (AvgIpc) is 3.53. The summed E-state index contributed by atoms with van der Waals surface area (Å²) in [5.41, 5.74) is 4.55. The van der Waals surface area contributed by atoms with Gasteiger partial charge in [0.15, 0.2) is 5.96 Å². The van der Waals surface area contributed by atoms with Crippen LogP contribution >= 0.6 is 0 Å². The predicted molar refractivity (Wildman–Crippen MR) is 126 cm³/mol. The van der Waals surface area contributed by atoms with Crippen molar-refractivity contribution in [3.63, 3.8) is 0 Å². The first kappa shape index (κ1) is 21.9. The van der Waals surface area contributed by atoms with E-state index in [1.165, 1.54) is 5.56 Å². The van der Waals surface area contributed by atoms with Gasteiger partial charge in [-0.1, -0.05) is 30.3 Å². The van der Waals surface area contributed by atoms with Gasteiger partial charge in [-0.05, 0) is 36.6 Å². The second-order valence-corrected chi connectivity index (χ2v) is 8.03. The third-order valence-electron chi connectivity index (χ3n) is 5.61. The van der Waals surface area contributed by atoms with E-state index in [1.54, 1.807) is 13.2 Å². The van der Waals surface area contributed by atoms with Gasteiger partial charge in [-0.15, -0.1) is 0 Å². The summed E-state index contributed by atoms with van der Waals surface area (Å²) in [6.07, 6.45) is 6.60. The van der Waals surface area contributed by atoms with Crippen LogP contribution < -0.4 is 15.4 Å². The van der Waals surface area contributed by atoms with Crippen LogP contribution in [0.3, 0.4) is 0 Å². The predicted octanol–water partition coefficient (Wildman–Crippen LogP) is 3.46. The molecule has 0 bridgehead atoms. The zero-order chi connectivity index (χ0) is 22.2. The van der Waals surface area contributed by atoms with Gasteiger partial charge in [0.2, 0.25) is 0 Å². The molecule has 1 fully saturated rings. The normalized spacial score (nSPS) is 16.2. The van der Waals surface area contributed by atoms with Crippen molar-refractivity contribution in [1.82, 2.24) is 20.2 Å². The molecule has 7 nitrogen and oxygen atoms in total. The van der Waals surface area contributed by atoms with E-state index in [0.717, 1.165) is 48.2 Å². The van der Waals surface area contributed by atoms with E-state index in [1.807, 2.05) is 29.2 Å². The van der Waals surface area contributed by atoms with E-state index in [-0.39, 0.29) is 0 Å². The largest absolute Gasteiger partial charge is 0.493 e. The Kier molecular flexibility index (Phi) is 7.40. The van der Waals surface area contributed by atoms with Crippen molar-refractivity contribution < 1.29 is 9.47 Å². The fourth-order valence-corrected chi connectivity index (χ4v) is 3.76. The minimum Gasteiger partial charge on any atom is -0.493 e. The van der Waals surface area contributed by atoms with E-state index >= 15 is 0 Å². The lowest BCUT2D eigenvalue weighted by Crippen LogP contribution is -2.36. The molecular weight excluding hydrogens is 402 g/mol. The fourth-order valence-electron chi connectivity index (χ4n) is 3.76. The van der Waals surface area contributed by atoms with Crippen LogP contribution in [-0.2, 0) is 17.8 Å². The van der Waals surface area contributed by atoms with Crippen molar-refractivity contribution in [2.24, 2.45) is 10.9 Å². The summed E-state index contributed by atoms with van der Waals surface area (Å²) in [6.45, 7) is 5.67. The molecule has 0 saturated carbocycles. The van der Waals surface area contributed by atoms with Crippen molar-refractivity contribution in [2.75, 3.05) is 26.9 Å². The van der Waals surface area contributed by atoms with Crippen molar-refractivity contribution in [3.8, 4) is 11.4 Å². The Hall–Kier alpha value is -3.32.